The van der Waals surface area contributed by atoms with Gasteiger partial charge in [0.2, 0.25) is 5.88 Å². The normalized spacial score (nSPS) is 17.2. The highest BCUT2D eigenvalue weighted by Gasteiger charge is 2.43. The molecule has 3 heterocycles. The average molecular weight is 434 g/mol. The molecule has 1 aliphatic carbocycles. The van der Waals surface area contributed by atoms with Crippen molar-refractivity contribution in [3.8, 4) is 29.2 Å². The van der Waals surface area contributed by atoms with Crippen LogP contribution < -0.4 is 9.47 Å². The van der Waals surface area contributed by atoms with Crippen LogP contribution in [-0.2, 0) is 0 Å². The quantitative estimate of drug-likeness (QED) is 0.473. The zero-order chi connectivity index (χ0) is 22.4. The van der Waals surface area contributed by atoms with Gasteiger partial charge in [0.25, 0.3) is 0 Å². The number of imidazole rings is 1. The minimum atomic E-state index is -1.11. The van der Waals surface area contributed by atoms with Gasteiger partial charge in [-0.15, -0.1) is 0 Å². The van der Waals surface area contributed by atoms with Gasteiger partial charge in [-0.1, -0.05) is 6.07 Å². The highest BCUT2D eigenvalue weighted by atomic mass is 19.2. The molecule has 3 aromatic heterocycles. The molecule has 1 fully saturated rings. The summed E-state index contributed by atoms with van der Waals surface area (Å²) in [4.78, 5) is 12.7. The van der Waals surface area contributed by atoms with E-state index < -0.39 is 11.6 Å². The Morgan fingerprint density at radius 3 is 2.66 bits per heavy atom. The molecular weight excluding hydrogens is 418 g/mol. The summed E-state index contributed by atoms with van der Waals surface area (Å²) in [5.41, 5.74) is 2.51. The number of nitriles is 1. The van der Waals surface area contributed by atoms with Gasteiger partial charge < -0.3 is 9.47 Å². The van der Waals surface area contributed by atoms with Gasteiger partial charge in [-0.3, -0.25) is 0 Å². The molecule has 160 valence electrons. The third kappa shape index (κ3) is 3.10. The Morgan fingerprint density at radius 2 is 1.91 bits per heavy atom. The molecule has 10 heteroatoms. The maximum atomic E-state index is 14.6. The fraction of sp³-hybridized carbons (Fsp3) is 0.227. The number of benzene rings is 1. The van der Waals surface area contributed by atoms with Gasteiger partial charge in [-0.2, -0.15) is 15.3 Å². The molecule has 0 bridgehead atoms. The van der Waals surface area contributed by atoms with Crippen molar-refractivity contribution in [2.45, 2.75) is 18.3 Å². The molecule has 0 spiro atoms. The first-order valence-corrected chi connectivity index (χ1v) is 9.73. The highest BCUT2D eigenvalue weighted by Crippen LogP contribution is 2.56. The van der Waals surface area contributed by atoms with Crippen LogP contribution in [0.5, 0.6) is 11.9 Å². The van der Waals surface area contributed by atoms with Crippen molar-refractivity contribution in [3.63, 3.8) is 0 Å². The maximum absolute atomic E-state index is 14.6. The standard InChI is InChI=1S/C22H16F2N6O2/c1-31-21-16(10-27-22(28-21)32-2)17-8-15(20-26-5-6-30(20)29-17)14-7-13(14)12-4-3-11(9-25)18(23)19(12)24/h3-6,8,10,13-14H,7H2,1-2H3/t13-,14?/m1/s1. The molecular formula is C22H16F2N6O2. The van der Waals surface area contributed by atoms with Crippen LogP contribution in [0.1, 0.15) is 34.9 Å². The van der Waals surface area contributed by atoms with Crippen LogP contribution in [0.3, 0.4) is 0 Å². The summed E-state index contributed by atoms with van der Waals surface area (Å²) in [5, 5.41) is 13.5. The van der Waals surface area contributed by atoms with E-state index in [0.29, 0.717) is 29.2 Å². The van der Waals surface area contributed by atoms with Crippen LogP contribution in [0.4, 0.5) is 8.78 Å². The molecule has 0 N–H and O–H groups in total. The lowest BCUT2D eigenvalue weighted by molar-refractivity contribution is 0.353. The first-order chi connectivity index (χ1) is 15.5. The minimum Gasteiger partial charge on any atom is -0.480 e. The number of nitrogens with zero attached hydrogens (tertiary/aromatic N) is 6. The summed E-state index contributed by atoms with van der Waals surface area (Å²) in [7, 11) is 2.95. The van der Waals surface area contributed by atoms with Gasteiger partial charge in [-0.25, -0.2) is 23.3 Å². The summed E-state index contributed by atoms with van der Waals surface area (Å²) in [5.74, 6) is -2.12. The van der Waals surface area contributed by atoms with Crippen molar-refractivity contribution < 1.29 is 18.3 Å². The fourth-order valence-corrected chi connectivity index (χ4v) is 3.95. The van der Waals surface area contributed by atoms with Crippen LogP contribution >= 0.6 is 0 Å². The summed E-state index contributed by atoms with van der Waals surface area (Å²) in [6, 6.07) is 6.46. The summed E-state index contributed by atoms with van der Waals surface area (Å²) >= 11 is 0. The molecule has 1 unspecified atom stereocenters. The third-order valence-electron chi connectivity index (χ3n) is 5.59. The van der Waals surface area contributed by atoms with Gasteiger partial charge in [-0.05, 0) is 36.0 Å². The molecule has 2 atom stereocenters. The van der Waals surface area contributed by atoms with Crippen LogP contribution in [0.2, 0.25) is 0 Å². The minimum absolute atomic E-state index is 0.0892. The number of hydrogen-bond donors (Lipinski definition) is 0. The number of methoxy groups -OCH3 is 2. The second-order valence-corrected chi connectivity index (χ2v) is 7.35. The van der Waals surface area contributed by atoms with E-state index in [2.05, 4.69) is 20.1 Å². The van der Waals surface area contributed by atoms with E-state index >= 15 is 0 Å². The van der Waals surface area contributed by atoms with E-state index in [4.69, 9.17) is 14.7 Å². The van der Waals surface area contributed by atoms with Crippen molar-refractivity contribution in [2.24, 2.45) is 0 Å². The molecule has 0 saturated heterocycles. The smallest absolute Gasteiger partial charge is 0.319 e. The zero-order valence-electron chi connectivity index (χ0n) is 17.1. The monoisotopic (exact) mass is 434 g/mol. The lowest BCUT2D eigenvalue weighted by Gasteiger charge is -2.11. The Hall–Kier alpha value is -4.13. The molecule has 32 heavy (non-hydrogen) atoms. The van der Waals surface area contributed by atoms with E-state index in [-0.39, 0.29) is 29.0 Å². The maximum Gasteiger partial charge on any atom is 0.319 e. The van der Waals surface area contributed by atoms with Crippen molar-refractivity contribution >= 4 is 5.65 Å². The molecule has 0 radical (unpaired) electrons. The Bertz CT molecular complexity index is 1400. The number of ether oxygens (including phenoxy) is 2. The summed E-state index contributed by atoms with van der Waals surface area (Å²) in [6.45, 7) is 0. The SMILES string of the molecule is COc1ncc(-c2cc(C3C[C@@H]3c3ccc(C#N)c(F)c3F)c3nccn3n2)c(OC)n1. The van der Waals surface area contributed by atoms with Gasteiger partial charge in [0.05, 0.1) is 31.0 Å². The lowest BCUT2D eigenvalue weighted by Crippen LogP contribution is -2.03. The molecule has 8 nitrogen and oxygen atoms in total. The van der Waals surface area contributed by atoms with E-state index in [0.717, 1.165) is 5.56 Å². The molecule has 4 aromatic rings. The van der Waals surface area contributed by atoms with E-state index in [1.165, 1.54) is 26.4 Å². The topological polar surface area (TPSA) is 98.2 Å². The fourth-order valence-electron chi connectivity index (χ4n) is 3.95. The van der Waals surface area contributed by atoms with E-state index in [9.17, 15) is 8.78 Å². The first kappa shape index (κ1) is 19.8. The van der Waals surface area contributed by atoms with Crippen molar-refractivity contribution in [1.82, 2.24) is 24.6 Å². The lowest BCUT2D eigenvalue weighted by atomic mass is 10.0. The van der Waals surface area contributed by atoms with Crippen molar-refractivity contribution in [1.29, 1.82) is 5.26 Å². The van der Waals surface area contributed by atoms with Gasteiger partial charge in [0, 0.05) is 24.2 Å². The number of rotatable bonds is 5. The first-order valence-electron chi connectivity index (χ1n) is 9.73. The number of aromatic nitrogens is 5. The average Bonchev–Trinajstić information content (AvgIpc) is 3.46. The molecule has 0 aliphatic heterocycles. The molecule has 0 amide bonds. The number of hydrogen-bond acceptors (Lipinski definition) is 7. The molecule has 1 saturated carbocycles. The zero-order valence-corrected chi connectivity index (χ0v) is 17.1. The van der Waals surface area contributed by atoms with Crippen molar-refractivity contribution in [3.05, 3.63) is 65.1 Å². The molecule has 1 aromatic carbocycles. The van der Waals surface area contributed by atoms with Gasteiger partial charge in [0.15, 0.2) is 17.3 Å². The largest absolute Gasteiger partial charge is 0.480 e. The molecule has 1 aliphatic rings. The van der Waals surface area contributed by atoms with Gasteiger partial charge in [0.1, 0.15) is 6.07 Å². The summed E-state index contributed by atoms with van der Waals surface area (Å²) < 4.78 is 40.8. The molecule has 5 rings (SSSR count). The van der Waals surface area contributed by atoms with Crippen LogP contribution in [0.15, 0.2) is 36.8 Å². The van der Waals surface area contributed by atoms with Crippen LogP contribution in [-0.4, -0.2) is 38.8 Å². The Balaban J connectivity index is 1.58. The Morgan fingerprint density at radius 1 is 1.09 bits per heavy atom. The third-order valence-corrected chi connectivity index (χ3v) is 5.59. The highest BCUT2D eigenvalue weighted by molar-refractivity contribution is 5.68. The Labute approximate surface area is 181 Å². The Kier molecular flexibility index (Phi) is 4.66. The second-order valence-electron chi connectivity index (χ2n) is 7.35. The second kappa shape index (κ2) is 7.53. The van der Waals surface area contributed by atoms with Gasteiger partial charge >= 0.3 is 6.01 Å². The van der Waals surface area contributed by atoms with E-state index in [1.54, 1.807) is 29.2 Å². The predicted octanol–water partition coefficient (Wildman–Crippen LogP) is 3.62. The van der Waals surface area contributed by atoms with Crippen LogP contribution in [0.25, 0.3) is 16.9 Å². The summed E-state index contributed by atoms with van der Waals surface area (Å²) in [6.07, 6.45) is 5.50. The number of halogens is 2. The predicted molar refractivity (Wildman–Crippen MR) is 108 cm³/mol. The van der Waals surface area contributed by atoms with Crippen molar-refractivity contribution in [2.75, 3.05) is 14.2 Å². The van der Waals surface area contributed by atoms with Crippen LogP contribution in [0, 0.1) is 23.0 Å². The number of fused-ring (bicyclic) bond motifs is 1. The van der Waals surface area contributed by atoms with E-state index in [1.807, 2.05) is 6.07 Å².